The van der Waals surface area contributed by atoms with E-state index in [0.29, 0.717) is 0 Å². The van der Waals surface area contributed by atoms with Gasteiger partial charge in [-0.2, -0.15) is 0 Å². The first-order valence-electron chi connectivity index (χ1n) is 8.70. The zero-order chi connectivity index (χ0) is 23.1. The molecule has 4 N–H and O–H groups in total. The number of carbonyl (C=O) groups is 4. The summed E-state index contributed by atoms with van der Waals surface area (Å²) in [7, 11) is 1.44. The SMILES string of the molecule is COCCOC(=O)c1c(NC(=O)COC(=O)c2ccc(Cl)cc2O)sc(C(N)=O)c1C. The van der Waals surface area contributed by atoms with Gasteiger partial charge in [-0.15, -0.1) is 11.3 Å². The zero-order valence-corrected chi connectivity index (χ0v) is 18.1. The largest absolute Gasteiger partial charge is 0.507 e. The highest BCUT2D eigenvalue weighted by Gasteiger charge is 2.26. The molecule has 0 bridgehead atoms. The molecule has 2 amide bonds. The fourth-order valence-electron chi connectivity index (χ4n) is 2.42. The van der Waals surface area contributed by atoms with Crippen molar-refractivity contribution in [1.29, 1.82) is 0 Å². The van der Waals surface area contributed by atoms with Crippen molar-refractivity contribution in [2.75, 3.05) is 32.2 Å². The Labute approximate surface area is 185 Å². The van der Waals surface area contributed by atoms with E-state index in [9.17, 15) is 24.3 Å². The van der Waals surface area contributed by atoms with Crippen LogP contribution in [0.25, 0.3) is 0 Å². The molecule has 0 aliphatic carbocycles. The second-order valence-corrected chi connectivity index (χ2v) is 7.50. The van der Waals surface area contributed by atoms with Crippen molar-refractivity contribution in [3.8, 4) is 5.75 Å². The molecular formula is C19H19ClN2O8S. The molecule has 10 nitrogen and oxygen atoms in total. The maximum Gasteiger partial charge on any atom is 0.342 e. The lowest BCUT2D eigenvalue weighted by molar-refractivity contribution is -0.119. The highest BCUT2D eigenvalue weighted by Crippen LogP contribution is 2.33. The summed E-state index contributed by atoms with van der Waals surface area (Å²) in [6.45, 7) is 0.892. The number of nitrogens with two attached hydrogens (primary N) is 1. The van der Waals surface area contributed by atoms with Gasteiger partial charge in [0.2, 0.25) is 0 Å². The van der Waals surface area contributed by atoms with Crippen molar-refractivity contribution >= 4 is 51.7 Å². The van der Waals surface area contributed by atoms with E-state index in [1.165, 1.54) is 26.2 Å². The summed E-state index contributed by atoms with van der Waals surface area (Å²) in [5, 5.41) is 12.4. The van der Waals surface area contributed by atoms with Crippen LogP contribution in [0, 0.1) is 6.92 Å². The number of carbonyl (C=O) groups excluding carboxylic acids is 4. The Hall–Kier alpha value is -3.15. The van der Waals surface area contributed by atoms with E-state index in [2.05, 4.69) is 5.32 Å². The van der Waals surface area contributed by atoms with E-state index in [0.717, 1.165) is 17.4 Å². The van der Waals surface area contributed by atoms with E-state index >= 15 is 0 Å². The molecule has 2 rings (SSSR count). The molecule has 1 heterocycles. The molecule has 0 aliphatic heterocycles. The van der Waals surface area contributed by atoms with Crippen LogP contribution in [0.15, 0.2) is 18.2 Å². The quantitative estimate of drug-likeness (QED) is 0.372. The molecular weight excluding hydrogens is 452 g/mol. The van der Waals surface area contributed by atoms with Crippen LogP contribution in [0.1, 0.15) is 36.0 Å². The Bertz CT molecular complexity index is 1020. The number of thiophene rings is 1. The molecule has 12 heteroatoms. The van der Waals surface area contributed by atoms with Crippen molar-refractivity contribution in [2.24, 2.45) is 5.73 Å². The molecule has 2 aromatic rings. The highest BCUT2D eigenvalue weighted by atomic mass is 35.5. The number of hydrogen-bond donors (Lipinski definition) is 3. The number of aromatic hydroxyl groups is 1. The number of esters is 2. The van der Waals surface area contributed by atoms with E-state index in [-0.39, 0.29) is 44.8 Å². The van der Waals surface area contributed by atoms with E-state index in [4.69, 9.17) is 31.5 Å². The average Bonchev–Trinajstić information content (AvgIpc) is 3.02. The number of halogens is 1. The van der Waals surface area contributed by atoms with Gasteiger partial charge >= 0.3 is 11.9 Å². The molecule has 166 valence electrons. The summed E-state index contributed by atoms with van der Waals surface area (Å²) >= 11 is 6.50. The summed E-state index contributed by atoms with van der Waals surface area (Å²) in [5.41, 5.74) is 5.35. The number of nitrogens with one attached hydrogen (secondary N) is 1. The molecule has 0 unspecified atom stereocenters. The van der Waals surface area contributed by atoms with Crippen LogP contribution in [0.2, 0.25) is 5.02 Å². The number of benzene rings is 1. The minimum Gasteiger partial charge on any atom is -0.507 e. The molecule has 0 atom stereocenters. The summed E-state index contributed by atoms with van der Waals surface area (Å²) in [6, 6.07) is 3.77. The number of amides is 2. The number of hydrogen-bond acceptors (Lipinski definition) is 9. The third-order valence-electron chi connectivity index (χ3n) is 3.86. The van der Waals surface area contributed by atoms with Gasteiger partial charge in [0.15, 0.2) is 6.61 Å². The number of anilines is 1. The maximum absolute atomic E-state index is 12.4. The van der Waals surface area contributed by atoms with Gasteiger partial charge in [-0.25, -0.2) is 9.59 Å². The van der Waals surface area contributed by atoms with Gasteiger partial charge in [0.05, 0.1) is 17.0 Å². The molecule has 0 spiro atoms. The van der Waals surface area contributed by atoms with Gasteiger partial charge in [-0.1, -0.05) is 11.6 Å². The minimum atomic E-state index is -0.955. The summed E-state index contributed by atoms with van der Waals surface area (Å²) < 4.78 is 14.7. The lowest BCUT2D eigenvalue weighted by atomic mass is 10.1. The molecule has 0 saturated carbocycles. The fourth-order valence-corrected chi connectivity index (χ4v) is 3.65. The zero-order valence-electron chi connectivity index (χ0n) is 16.5. The van der Waals surface area contributed by atoms with Crippen molar-refractivity contribution in [1.82, 2.24) is 0 Å². The van der Waals surface area contributed by atoms with Crippen LogP contribution < -0.4 is 11.1 Å². The van der Waals surface area contributed by atoms with Crippen LogP contribution in [0.4, 0.5) is 5.00 Å². The van der Waals surface area contributed by atoms with Gasteiger partial charge < -0.3 is 30.4 Å². The number of phenolic OH excluding ortho intramolecular Hbond substituents is 1. The molecule has 0 radical (unpaired) electrons. The second kappa shape index (κ2) is 10.8. The monoisotopic (exact) mass is 470 g/mol. The fraction of sp³-hybridized carbons (Fsp3) is 0.263. The molecule has 0 fully saturated rings. The van der Waals surface area contributed by atoms with Gasteiger partial charge in [-0.05, 0) is 30.7 Å². The molecule has 0 saturated heterocycles. The lowest BCUT2D eigenvalue weighted by Crippen LogP contribution is -2.22. The number of rotatable bonds is 9. The highest BCUT2D eigenvalue weighted by molar-refractivity contribution is 7.18. The molecule has 31 heavy (non-hydrogen) atoms. The van der Waals surface area contributed by atoms with Crippen LogP contribution in [0.5, 0.6) is 5.75 Å². The Morgan fingerprint density at radius 1 is 1.16 bits per heavy atom. The van der Waals surface area contributed by atoms with Gasteiger partial charge in [0, 0.05) is 12.1 Å². The smallest absolute Gasteiger partial charge is 0.342 e. The number of methoxy groups -OCH3 is 1. The Kier molecular flexibility index (Phi) is 8.37. The van der Waals surface area contributed by atoms with Crippen molar-refractivity contribution < 1.29 is 38.5 Å². The van der Waals surface area contributed by atoms with Gasteiger partial charge in [0.25, 0.3) is 11.8 Å². The number of primary amides is 1. The number of ether oxygens (including phenoxy) is 3. The standard InChI is InChI=1S/C19H19ClN2O8S/c1-9-14(19(27)29-6-5-28-2)17(31-15(9)16(21)25)22-13(24)8-30-18(26)11-4-3-10(20)7-12(11)23/h3-4,7,23H,5-6,8H2,1-2H3,(H2,21,25)(H,22,24). The summed E-state index contributed by atoms with van der Waals surface area (Å²) in [6.07, 6.45) is 0. The number of phenols is 1. The topological polar surface area (TPSA) is 154 Å². The average molecular weight is 471 g/mol. The van der Waals surface area contributed by atoms with E-state index in [1.54, 1.807) is 0 Å². The van der Waals surface area contributed by atoms with E-state index < -0.39 is 36.1 Å². The first kappa shape index (κ1) is 24.1. The van der Waals surface area contributed by atoms with Crippen LogP contribution in [0.3, 0.4) is 0 Å². The predicted octanol–water partition coefficient (Wildman–Crippen LogP) is 2.11. The first-order chi connectivity index (χ1) is 14.6. The maximum atomic E-state index is 12.4. The van der Waals surface area contributed by atoms with Crippen molar-refractivity contribution in [2.45, 2.75) is 6.92 Å². The summed E-state index contributed by atoms with van der Waals surface area (Å²) in [4.78, 5) is 48.4. The Morgan fingerprint density at radius 3 is 2.48 bits per heavy atom. The van der Waals surface area contributed by atoms with Crippen LogP contribution >= 0.6 is 22.9 Å². The van der Waals surface area contributed by atoms with Crippen molar-refractivity contribution in [3.63, 3.8) is 0 Å². The first-order valence-corrected chi connectivity index (χ1v) is 9.89. The van der Waals surface area contributed by atoms with Gasteiger partial charge in [0.1, 0.15) is 22.9 Å². The molecule has 1 aromatic heterocycles. The Balaban J connectivity index is 2.12. The van der Waals surface area contributed by atoms with Crippen molar-refractivity contribution in [3.05, 3.63) is 44.8 Å². The molecule has 0 aliphatic rings. The third kappa shape index (κ3) is 6.17. The molecule has 1 aromatic carbocycles. The Morgan fingerprint density at radius 2 is 1.87 bits per heavy atom. The van der Waals surface area contributed by atoms with Gasteiger partial charge in [-0.3, -0.25) is 9.59 Å². The summed E-state index contributed by atoms with van der Waals surface area (Å²) in [5.74, 6) is -3.71. The lowest BCUT2D eigenvalue weighted by Gasteiger charge is -2.09. The van der Waals surface area contributed by atoms with E-state index in [1.807, 2.05) is 0 Å². The second-order valence-electron chi connectivity index (χ2n) is 6.04. The third-order valence-corrected chi connectivity index (χ3v) is 5.32. The van der Waals surface area contributed by atoms with Crippen LogP contribution in [-0.2, 0) is 19.0 Å². The normalized spacial score (nSPS) is 10.4. The predicted molar refractivity (Wildman–Crippen MR) is 112 cm³/mol. The van der Waals surface area contributed by atoms with Crippen LogP contribution in [-0.4, -0.2) is 55.8 Å². The minimum absolute atomic E-state index is 0.0177.